The Balaban J connectivity index is 1.52. The number of alkyl halides is 3. The van der Waals surface area contributed by atoms with E-state index in [0.717, 1.165) is 17.0 Å². The van der Waals surface area contributed by atoms with Crippen LogP contribution < -0.4 is 11.5 Å². The summed E-state index contributed by atoms with van der Waals surface area (Å²) in [6.07, 6.45) is -2.25. The molecular weight excluding hydrogens is 447 g/mol. The summed E-state index contributed by atoms with van der Waals surface area (Å²) in [6, 6.07) is 12.3. The van der Waals surface area contributed by atoms with Crippen molar-refractivity contribution in [2.45, 2.75) is 24.9 Å². The van der Waals surface area contributed by atoms with Crippen molar-refractivity contribution in [2.24, 2.45) is 16.5 Å². The van der Waals surface area contributed by atoms with Crippen LogP contribution in [0.1, 0.15) is 50.6 Å². The largest absolute Gasteiger partial charge is 0.416 e. The molecule has 0 saturated carbocycles. The summed E-state index contributed by atoms with van der Waals surface area (Å²) in [5.74, 6) is -2.04. The minimum absolute atomic E-state index is 0.0950. The number of likely N-dealkylation sites (tertiary alicyclic amines) is 1. The van der Waals surface area contributed by atoms with Crippen LogP contribution in [-0.4, -0.2) is 40.7 Å². The van der Waals surface area contributed by atoms with E-state index in [1.54, 1.807) is 35.4 Å². The number of aromatic nitrogens is 1. The van der Waals surface area contributed by atoms with Gasteiger partial charge in [0, 0.05) is 35.8 Å². The number of aliphatic imine (C=N–C) groups is 1. The van der Waals surface area contributed by atoms with Crippen molar-refractivity contribution in [1.82, 2.24) is 9.88 Å². The van der Waals surface area contributed by atoms with E-state index in [-0.39, 0.29) is 17.0 Å². The number of carbonyl (C=O) groups excluding carboxylic acids is 2. The predicted molar refractivity (Wildman–Crippen MR) is 121 cm³/mol. The lowest BCUT2D eigenvalue weighted by molar-refractivity contribution is -0.138. The molecule has 1 aromatic heterocycles. The van der Waals surface area contributed by atoms with Gasteiger partial charge in [-0.2, -0.15) is 18.2 Å². The van der Waals surface area contributed by atoms with E-state index in [1.165, 1.54) is 12.1 Å². The van der Waals surface area contributed by atoms with Crippen molar-refractivity contribution < 1.29 is 22.8 Å². The maximum absolute atomic E-state index is 13.8. The van der Waals surface area contributed by atoms with Crippen molar-refractivity contribution in [3.05, 3.63) is 77.0 Å². The number of piperidine rings is 1. The number of hydrogen-bond donors (Lipinski definition) is 2. The summed E-state index contributed by atoms with van der Waals surface area (Å²) in [6.45, 7) is 0.640. The van der Waals surface area contributed by atoms with Crippen LogP contribution in [0.5, 0.6) is 0 Å². The van der Waals surface area contributed by atoms with Gasteiger partial charge in [-0.05, 0) is 60.7 Å². The van der Waals surface area contributed by atoms with E-state index in [9.17, 15) is 22.8 Å². The van der Waals surface area contributed by atoms with Crippen molar-refractivity contribution in [3.8, 4) is 0 Å². The third-order valence-electron chi connectivity index (χ3n) is 5.91. The summed E-state index contributed by atoms with van der Waals surface area (Å²) in [7, 11) is 0. The molecule has 0 spiro atoms. The molecule has 0 atom stereocenters. The molecule has 1 fully saturated rings. The van der Waals surface area contributed by atoms with E-state index in [4.69, 9.17) is 11.5 Å². The van der Waals surface area contributed by atoms with Gasteiger partial charge < -0.3 is 16.4 Å². The van der Waals surface area contributed by atoms with Gasteiger partial charge in [0.2, 0.25) is 0 Å². The first-order chi connectivity index (χ1) is 16.1. The lowest BCUT2D eigenvalue weighted by atomic mass is 9.85. The maximum Gasteiger partial charge on any atom is 0.416 e. The minimum atomic E-state index is -4.66. The molecule has 10 heteroatoms. The smallest absolute Gasteiger partial charge is 0.370 e. The number of pyridine rings is 1. The quantitative estimate of drug-likeness (QED) is 0.449. The Hall–Kier alpha value is -3.95. The first-order valence-corrected chi connectivity index (χ1v) is 10.6. The molecule has 1 aliphatic heterocycles. The first kappa shape index (κ1) is 23.2. The molecule has 0 radical (unpaired) electrons. The molecule has 7 nitrogen and oxygen atoms in total. The lowest BCUT2D eigenvalue weighted by Crippen LogP contribution is -2.38. The van der Waals surface area contributed by atoms with Crippen LogP contribution in [0.3, 0.4) is 0 Å². The summed E-state index contributed by atoms with van der Waals surface area (Å²) in [5, 5.41) is 0.841. The van der Waals surface area contributed by atoms with Gasteiger partial charge in [-0.1, -0.05) is 12.1 Å². The Morgan fingerprint density at radius 1 is 1.00 bits per heavy atom. The SMILES string of the molecule is NC(N)=NC(=O)c1ccc(C2CCN(C(=O)c3ccc4ncccc4c3)CC2)c(C(F)(F)F)c1. The second-order valence-corrected chi connectivity index (χ2v) is 8.12. The van der Waals surface area contributed by atoms with Gasteiger partial charge in [0.05, 0.1) is 11.1 Å². The average Bonchev–Trinajstić information content (AvgIpc) is 2.82. The van der Waals surface area contributed by atoms with Crippen molar-refractivity contribution in [2.75, 3.05) is 13.1 Å². The molecule has 1 saturated heterocycles. The topological polar surface area (TPSA) is 115 Å². The van der Waals surface area contributed by atoms with Gasteiger partial charge in [0.1, 0.15) is 0 Å². The number of carbonyl (C=O) groups is 2. The third-order valence-corrected chi connectivity index (χ3v) is 5.91. The van der Waals surface area contributed by atoms with Crippen LogP contribution in [0.4, 0.5) is 13.2 Å². The highest BCUT2D eigenvalue weighted by molar-refractivity contribution is 6.02. The Labute approximate surface area is 193 Å². The fraction of sp³-hybridized carbons (Fsp3) is 0.250. The zero-order valence-electron chi connectivity index (χ0n) is 18.0. The van der Waals surface area contributed by atoms with Crippen molar-refractivity contribution in [3.63, 3.8) is 0 Å². The molecule has 4 N–H and O–H groups in total. The van der Waals surface area contributed by atoms with Gasteiger partial charge in [-0.15, -0.1) is 0 Å². The van der Waals surface area contributed by atoms with Gasteiger partial charge in [0.25, 0.3) is 11.8 Å². The van der Waals surface area contributed by atoms with Crippen LogP contribution in [-0.2, 0) is 6.18 Å². The lowest BCUT2D eigenvalue weighted by Gasteiger charge is -2.33. The summed E-state index contributed by atoms with van der Waals surface area (Å²) < 4.78 is 41.4. The van der Waals surface area contributed by atoms with Crippen molar-refractivity contribution in [1.29, 1.82) is 0 Å². The highest BCUT2D eigenvalue weighted by atomic mass is 19.4. The number of fused-ring (bicyclic) bond motifs is 1. The normalized spacial score (nSPS) is 14.7. The molecule has 34 heavy (non-hydrogen) atoms. The maximum atomic E-state index is 13.8. The molecule has 3 aromatic rings. The summed E-state index contributed by atoms with van der Waals surface area (Å²) >= 11 is 0. The van der Waals surface area contributed by atoms with Crippen LogP contribution in [0.15, 0.2) is 59.7 Å². The van der Waals surface area contributed by atoms with E-state index < -0.39 is 29.5 Å². The van der Waals surface area contributed by atoms with Gasteiger partial charge >= 0.3 is 6.18 Å². The Bertz CT molecular complexity index is 1280. The van der Waals surface area contributed by atoms with Gasteiger partial charge in [0.15, 0.2) is 5.96 Å². The van der Waals surface area contributed by atoms with E-state index >= 15 is 0 Å². The van der Waals surface area contributed by atoms with Crippen LogP contribution >= 0.6 is 0 Å². The van der Waals surface area contributed by atoms with Crippen LogP contribution in [0.25, 0.3) is 10.9 Å². The standard InChI is InChI=1S/C24H22F3N5O2/c25-24(26,27)19-13-16(21(33)31-23(28)29)3-5-18(19)14-7-10-32(11-8-14)22(34)17-4-6-20-15(12-17)2-1-9-30-20/h1-6,9,12-14H,7-8,10-11H2,(H4,28,29,31,33). The Morgan fingerprint density at radius 2 is 1.71 bits per heavy atom. The molecule has 0 aliphatic carbocycles. The number of halogens is 3. The van der Waals surface area contributed by atoms with Crippen LogP contribution in [0, 0.1) is 0 Å². The minimum Gasteiger partial charge on any atom is -0.370 e. The number of rotatable bonds is 3. The van der Waals surface area contributed by atoms with E-state index in [0.29, 0.717) is 31.5 Å². The second-order valence-electron chi connectivity index (χ2n) is 8.12. The van der Waals surface area contributed by atoms with E-state index in [2.05, 4.69) is 9.98 Å². The van der Waals surface area contributed by atoms with Crippen molar-refractivity contribution >= 4 is 28.7 Å². The molecule has 2 amide bonds. The molecule has 1 aliphatic rings. The van der Waals surface area contributed by atoms with Gasteiger partial charge in [-0.3, -0.25) is 14.6 Å². The monoisotopic (exact) mass is 469 g/mol. The number of hydrogen-bond acceptors (Lipinski definition) is 3. The summed E-state index contributed by atoms with van der Waals surface area (Å²) in [4.78, 5) is 34.2. The number of amides is 2. The number of nitrogens with zero attached hydrogens (tertiary/aromatic N) is 3. The average molecular weight is 469 g/mol. The highest BCUT2D eigenvalue weighted by Crippen LogP contribution is 2.39. The predicted octanol–water partition coefficient (Wildman–Crippen LogP) is 3.69. The van der Waals surface area contributed by atoms with Gasteiger partial charge in [-0.25, -0.2) is 0 Å². The first-order valence-electron chi connectivity index (χ1n) is 10.6. The molecular formula is C24H22F3N5O2. The molecule has 0 unspecified atom stereocenters. The molecule has 2 heterocycles. The highest BCUT2D eigenvalue weighted by Gasteiger charge is 2.37. The number of guanidine groups is 1. The summed E-state index contributed by atoms with van der Waals surface area (Å²) in [5.41, 5.74) is 10.6. The third kappa shape index (κ3) is 4.85. The fourth-order valence-electron chi connectivity index (χ4n) is 4.26. The zero-order chi connectivity index (χ0) is 24.5. The molecule has 2 aromatic carbocycles. The van der Waals surface area contributed by atoms with E-state index in [1.807, 2.05) is 6.07 Å². The number of benzene rings is 2. The Kier molecular flexibility index (Phi) is 6.23. The second kappa shape index (κ2) is 9.12. The van der Waals surface area contributed by atoms with Crippen LogP contribution in [0.2, 0.25) is 0 Å². The fourth-order valence-corrected chi connectivity index (χ4v) is 4.26. The molecule has 0 bridgehead atoms. The molecule has 176 valence electrons. The number of nitrogens with two attached hydrogens (primary N) is 2. The molecule has 4 rings (SSSR count). The zero-order valence-corrected chi connectivity index (χ0v) is 18.0. The Morgan fingerprint density at radius 3 is 2.38 bits per heavy atom.